The Hall–Kier alpha value is -2.84. The van der Waals surface area contributed by atoms with Crippen LogP contribution in [-0.2, 0) is 13.3 Å². The largest absolute Gasteiger partial charge is 0.307 e. The highest BCUT2D eigenvalue weighted by Gasteiger charge is 2.24. The average Bonchev–Trinajstić information content (AvgIpc) is 3.28. The highest BCUT2D eigenvalue weighted by atomic mass is 15.5. The summed E-state index contributed by atoms with van der Waals surface area (Å²) < 4.78 is 4.06. The lowest BCUT2D eigenvalue weighted by Crippen LogP contribution is -3.27. The fourth-order valence-electron chi connectivity index (χ4n) is 3.77. The van der Waals surface area contributed by atoms with Crippen molar-refractivity contribution in [2.24, 2.45) is 0 Å². The van der Waals surface area contributed by atoms with E-state index in [2.05, 4.69) is 32.8 Å². The average molecular weight is 350 g/mol. The lowest BCUT2D eigenvalue weighted by Gasteiger charge is -2.29. The van der Waals surface area contributed by atoms with E-state index in [1.807, 2.05) is 45.8 Å². The summed E-state index contributed by atoms with van der Waals surface area (Å²) in [5.74, 6) is 0. The molecule has 5 rings (SSSR count). The summed E-state index contributed by atoms with van der Waals surface area (Å²) in [6.07, 6.45) is 0. The minimum Gasteiger partial charge on any atom is -0.307 e. The molecule has 2 aromatic carbocycles. The van der Waals surface area contributed by atoms with Crippen LogP contribution >= 0.6 is 0 Å². The van der Waals surface area contributed by atoms with Crippen LogP contribution in [0.5, 0.6) is 0 Å². The van der Waals surface area contributed by atoms with Crippen molar-refractivity contribution in [3.8, 4) is 0 Å². The molecule has 26 heavy (non-hydrogen) atoms. The molecular weight excluding hydrogens is 328 g/mol. The van der Waals surface area contributed by atoms with Gasteiger partial charge in [0.05, 0.1) is 11.0 Å². The second kappa shape index (κ2) is 6.47. The van der Waals surface area contributed by atoms with Crippen LogP contribution in [0.2, 0.25) is 0 Å². The van der Waals surface area contributed by atoms with Gasteiger partial charge in [-0.25, -0.2) is 0 Å². The number of nitrogens with one attached hydrogen (secondary N) is 2. The Morgan fingerprint density at radius 1 is 0.654 bits per heavy atom. The van der Waals surface area contributed by atoms with Crippen molar-refractivity contribution < 1.29 is 9.80 Å². The summed E-state index contributed by atoms with van der Waals surface area (Å²) in [6.45, 7) is 6.23. The number of aromatic nitrogens is 6. The molecule has 1 aliphatic rings. The molecule has 8 heteroatoms. The Balaban J connectivity index is 1.22. The van der Waals surface area contributed by atoms with Gasteiger partial charge in [0.2, 0.25) is 0 Å². The van der Waals surface area contributed by atoms with E-state index in [9.17, 15) is 0 Å². The summed E-state index contributed by atoms with van der Waals surface area (Å²) in [6, 6.07) is 16.3. The van der Waals surface area contributed by atoms with Gasteiger partial charge in [-0.15, -0.1) is 10.2 Å². The summed E-state index contributed by atoms with van der Waals surface area (Å²) in [5.41, 5.74) is 4.16. The van der Waals surface area contributed by atoms with Gasteiger partial charge < -0.3 is 9.80 Å². The SMILES string of the molecule is c1ccc2c(c1)nnn2C[NH+]1CC[NH+](Cn2nnc3ccccc32)CC1. The maximum absolute atomic E-state index is 4.32. The molecule has 1 saturated heterocycles. The van der Waals surface area contributed by atoms with Gasteiger partial charge in [-0.1, -0.05) is 34.7 Å². The topological polar surface area (TPSA) is 70.3 Å². The van der Waals surface area contributed by atoms with Gasteiger partial charge >= 0.3 is 0 Å². The second-order valence-electron chi connectivity index (χ2n) is 6.97. The third-order valence-electron chi connectivity index (χ3n) is 5.25. The van der Waals surface area contributed by atoms with Crippen LogP contribution in [0.1, 0.15) is 0 Å². The van der Waals surface area contributed by atoms with Crippen LogP contribution in [0.15, 0.2) is 48.5 Å². The molecule has 3 heterocycles. The number of fused-ring (bicyclic) bond motifs is 2. The molecule has 4 aromatic rings. The highest BCUT2D eigenvalue weighted by Crippen LogP contribution is 2.09. The van der Waals surface area contributed by atoms with Gasteiger partial charge in [0.1, 0.15) is 37.2 Å². The Kier molecular flexibility index (Phi) is 3.84. The molecule has 8 nitrogen and oxygen atoms in total. The van der Waals surface area contributed by atoms with E-state index in [0.29, 0.717) is 0 Å². The molecule has 1 fully saturated rings. The molecule has 132 valence electrons. The minimum atomic E-state index is 0.875. The lowest BCUT2D eigenvalue weighted by molar-refractivity contribution is -1.03. The Morgan fingerprint density at radius 2 is 1.08 bits per heavy atom. The fourth-order valence-corrected chi connectivity index (χ4v) is 3.77. The van der Waals surface area contributed by atoms with Gasteiger partial charge in [0.25, 0.3) is 0 Å². The zero-order valence-electron chi connectivity index (χ0n) is 14.5. The molecule has 0 aliphatic carbocycles. The normalized spacial score (nSPS) is 20.8. The molecule has 2 N–H and O–H groups in total. The number of piperazine rings is 1. The van der Waals surface area contributed by atoms with Crippen LogP contribution in [0.4, 0.5) is 0 Å². The molecular formula is C18H22N8+2. The van der Waals surface area contributed by atoms with E-state index in [-0.39, 0.29) is 0 Å². The first kappa shape index (κ1) is 15.4. The smallest absolute Gasteiger partial charge is 0.175 e. The van der Waals surface area contributed by atoms with Crippen molar-refractivity contribution in [2.75, 3.05) is 26.2 Å². The number of para-hydroxylation sites is 2. The number of nitrogens with zero attached hydrogens (tertiary/aromatic N) is 6. The van der Waals surface area contributed by atoms with Crippen molar-refractivity contribution in [3.63, 3.8) is 0 Å². The summed E-state index contributed by atoms with van der Waals surface area (Å²) in [4.78, 5) is 3.10. The first-order chi connectivity index (χ1) is 12.9. The number of hydrogen-bond donors (Lipinski definition) is 2. The summed E-state index contributed by atoms with van der Waals surface area (Å²) in [5, 5.41) is 17.1. The number of benzene rings is 2. The molecule has 2 aromatic heterocycles. The number of rotatable bonds is 4. The predicted octanol–water partition coefficient (Wildman–Crippen LogP) is -1.43. The van der Waals surface area contributed by atoms with Crippen LogP contribution < -0.4 is 9.80 Å². The van der Waals surface area contributed by atoms with Gasteiger partial charge in [0, 0.05) is 0 Å². The number of hydrogen-bond acceptors (Lipinski definition) is 4. The monoisotopic (exact) mass is 350 g/mol. The Bertz CT molecular complexity index is 944. The zero-order valence-corrected chi connectivity index (χ0v) is 14.5. The van der Waals surface area contributed by atoms with E-state index in [0.717, 1.165) is 61.6 Å². The van der Waals surface area contributed by atoms with Gasteiger partial charge in [-0.3, -0.25) is 0 Å². The first-order valence-corrected chi connectivity index (χ1v) is 9.10. The molecule has 0 unspecified atom stereocenters. The predicted molar refractivity (Wildman–Crippen MR) is 96.4 cm³/mol. The third kappa shape index (κ3) is 2.83. The van der Waals surface area contributed by atoms with Gasteiger partial charge in [0.15, 0.2) is 13.3 Å². The Labute approximate surface area is 150 Å². The third-order valence-corrected chi connectivity index (χ3v) is 5.25. The highest BCUT2D eigenvalue weighted by molar-refractivity contribution is 5.74. The summed E-state index contributed by atoms with van der Waals surface area (Å²) >= 11 is 0. The van der Waals surface area contributed by atoms with Crippen LogP contribution in [0.3, 0.4) is 0 Å². The standard InChI is InChI=1S/C18H20N8/c1-3-7-17-15(5-1)19-21-25(17)13-23-9-11-24(12-10-23)14-26-18-8-4-2-6-16(18)20-22-26/h1-8H,9-14H2/p+2. The van der Waals surface area contributed by atoms with Crippen molar-refractivity contribution in [1.29, 1.82) is 0 Å². The quantitative estimate of drug-likeness (QED) is 0.474. The van der Waals surface area contributed by atoms with E-state index in [1.54, 1.807) is 9.80 Å². The molecule has 0 amide bonds. The van der Waals surface area contributed by atoms with Crippen molar-refractivity contribution in [1.82, 2.24) is 30.0 Å². The van der Waals surface area contributed by atoms with Crippen molar-refractivity contribution >= 4 is 22.1 Å². The Morgan fingerprint density at radius 3 is 1.54 bits per heavy atom. The van der Waals surface area contributed by atoms with Crippen molar-refractivity contribution in [3.05, 3.63) is 48.5 Å². The lowest BCUT2D eigenvalue weighted by atomic mass is 10.3. The second-order valence-corrected chi connectivity index (χ2v) is 6.97. The van der Waals surface area contributed by atoms with Crippen LogP contribution in [0.25, 0.3) is 22.1 Å². The molecule has 0 radical (unpaired) electrons. The van der Waals surface area contributed by atoms with E-state index in [4.69, 9.17) is 0 Å². The maximum atomic E-state index is 4.32. The minimum absolute atomic E-state index is 0.875. The van der Waals surface area contributed by atoms with E-state index in [1.165, 1.54) is 0 Å². The molecule has 0 saturated carbocycles. The molecule has 0 bridgehead atoms. The summed E-state index contributed by atoms with van der Waals surface area (Å²) in [7, 11) is 0. The van der Waals surface area contributed by atoms with E-state index >= 15 is 0 Å². The fraction of sp³-hybridized carbons (Fsp3) is 0.333. The number of quaternary nitrogens is 2. The molecule has 0 spiro atoms. The van der Waals surface area contributed by atoms with E-state index < -0.39 is 0 Å². The zero-order chi connectivity index (χ0) is 17.3. The first-order valence-electron chi connectivity index (χ1n) is 9.10. The van der Waals surface area contributed by atoms with Gasteiger partial charge in [-0.05, 0) is 24.3 Å². The molecule has 0 atom stereocenters. The van der Waals surface area contributed by atoms with Crippen molar-refractivity contribution in [2.45, 2.75) is 13.3 Å². The van der Waals surface area contributed by atoms with Gasteiger partial charge in [-0.2, -0.15) is 9.36 Å². The van der Waals surface area contributed by atoms with Crippen LogP contribution in [-0.4, -0.2) is 56.2 Å². The molecule has 1 aliphatic heterocycles. The van der Waals surface area contributed by atoms with Crippen LogP contribution in [0, 0.1) is 0 Å². The maximum Gasteiger partial charge on any atom is 0.175 e.